The molecule has 0 aliphatic heterocycles. The third-order valence-corrected chi connectivity index (χ3v) is 13.7. The lowest BCUT2D eigenvalue weighted by Crippen LogP contribution is -2.06. The zero-order valence-electron chi connectivity index (χ0n) is 30.7. The molecule has 13 rings (SSSR count). The van der Waals surface area contributed by atoms with Gasteiger partial charge in [0.1, 0.15) is 5.69 Å². The van der Waals surface area contributed by atoms with Gasteiger partial charge in [0.05, 0.1) is 27.1 Å². The molecule has 3 nitrogen and oxygen atoms in total. The first-order chi connectivity index (χ1) is 27.7. The maximum atomic E-state index is 5.84. The van der Waals surface area contributed by atoms with E-state index in [9.17, 15) is 0 Å². The number of rotatable bonds is 2. The minimum atomic E-state index is 0.783. The fourth-order valence-electron chi connectivity index (χ4n) is 10.0. The van der Waals surface area contributed by atoms with E-state index in [1.54, 1.807) is 0 Å². The summed E-state index contributed by atoms with van der Waals surface area (Å²) in [7, 11) is 0. The lowest BCUT2D eigenvalue weighted by Gasteiger charge is -2.19. The van der Waals surface area contributed by atoms with Crippen LogP contribution in [0.3, 0.4) is 0 Å². The summed E-state index contributed by atoms with van der Waals surface area (Å²) in [6.07, 6.45) is 7.56. The molecule has 11 aromatic rings. The zero-order chi connectivity index (χ0) is 36.6. The topological polar surface area (TPSA) is 30.7 Å². The number of thiophene rings is 1. The SMILES string of the molecule is Cc1ccc(-c2nc3c(nc2-n2c4ccccc4c4c5ccccc5c5c6cc7ccccc7cc6sc5c42)Cc2c4c(c5ccccc5c2-3)C=CCC4)cc1. The molecular weight excluding hydrogens is 699 g/mol. The van der Waals surface area contributed by atoms with Crippen molar-refractivity contribution in [2.24, 2.45) is 0 Å². The molecule has 2 aliphatic rings. The second-order valence-electron chi connectivity index (χ2n) is 15.6. The van der Waals surface area contributed by atoms with Gasteiger partial charge in [-0.2, -0.15) is 0 Å². The highest BCUT2D eigenvalue weighted by atomic mass is 32.1. The minimum absolute atomic E-state index is 0.783. The Labute approximate surface area is 326 Å². The van der Waals surface area contributed by atoms with E-state index >= 15 is 0 Å². The number of aromatic nitrogens is 3. The first-order valence-corrected chi connectivity index (χ1v) is 20.4. The first kappa shape index (κ1) is 30.7. The Hall–Kier alpha value is -6.62. The summed E-state index contributed by atoms with van der Waals surface area (Å²) in [5, 5.41) is 12.8. The second kappa shape index (κ2) is 11.2. The van der Waals surface area contributed by atoms with Gasteiger partial charge in [-0.3, -0.25) is 4.57 Å². The van der Waals surface area contributed by atoms with Crippen LogP contribution in [0.15, 0.2) is 140 Å². The van der Waals surface area contributed by atoms with Crippen LogP contribution >= 0.6 is 11.3 Å². The number of allylic oxidation sites excluding steroid dienone is 1. The standard InChI is InChI=1S/C52H33N3S/c1-29-22-24-30(25-23-29)48-52(53-42-28-40-35-16-5-4-14-33(35)34-15-6-7-17-36(34)45(40)49(42)54-48)55-43-21-11-10-20-39(43)46-37-18-8-9-19-38(37)47-41-26-31-12-2-3-13-32(31)27-44(41)56-51(47)50(46)55/h2-4,6-15,17-27H,5,16,28H2,1H3. The van der Waals surface area contributed by atoms with Crippen LogP contribution in [-0.2, 0) is 12.8 Å². The van der Waals surface area contributed by atoms with Crippen molar-refractivity contribution in [3.8, 4) is 28.3 Å². The first-order valence-electron chi connectivity index (χ1n) is 19.6. The van der Waals surface area contributed by atoms with Gasteiger partial charge in [0, 0.05) is 43.8 Å². The molecule has 0 radical (unpaired) electrons. The fourth-order valence-corrected chi connectivity index (χ4v) is 11.3. The summed E-state index contributed by atoms with van der Waals surface area (Å²) in [4.78, 5) is 11.6. The van der Waals surface area contributed by atoms with Crippen LogP contribution in [0.25, 0.3) is 109 Å². The van der Waals surface area contributed by atoms with E-state index in [-0.39, 0.29) is 0 Å². The third-order valence-electron chi connectivity index (χ3n) is 12.5. The maximum absolute atomic E-state index is 5.84. The monoisotopic (exact) mass is 731 g/mol. The molecule has 0 fully saturated rings. The van der Waals surface area contributed by atoms with Crippen LogP contribution < -0.4 is 0 Å². The van der Waals surface area contributed by atoms with Crippen molar-refractivity contribution in [2.45, 2.75) is 26.2 Å². The van der Waals surface area contributed by atoms with Crippen LogP contribution in [-0.4, -0.2) is 14.5 Å². The van der Waals surface area contributed by atoms with Gasteiger partial charge in [0.15, 0.2) is 5.82 Å². The number of fused-ring (bicyclic) bond motifs is 19. The fraction of sp³-hybridized carbons (Fsp3) is 0.0769. The van der Waals surface area contributed by atoms with Gasteiger partial charge in [-0.1, -0.05) is 133 Å². The quantitative estimate of drug-likeness (QED) is 0.177. The summed E-state index contributed by atoms with van der Waals surface area (Å²) in [6.45, 7) is 2.15. The molecule has 3 aromatic heterocycles. The highest BCUT2D eigenvalue weighted by molar-refractivity contribution is 7.27. The molecule has 0 amide bonds. The Bertz CT molecular complexity index is 3560. The van der Waals surface area contributed by atoms with Crippen molar-refractivity contribution >= 4 is 91.7 Å². The van der Waals surface area contributed by atoms with Crippen LogP contribution in [0, 0.1) is 6.92 Å². The predicted octanol–water partition coefficient (Wildman–Crippen LogP) is 13.9. The Morgan fingerprint density at radius 3 is 2.12 bits per heavy atom. The number of nitrogens with zero attached hydrogens (tertiary/aromatic N) is 3. The van der Waals surface area contributed by atoms with Gasteiger partial charge in [-0.05, 0) is 87.0 Å². The van der Waals surface area contributed by atoms with Crippen LogP contribution in [0.2, 0.25) is 0 Å². The number of hydrogen-bond acceptors (Lipinski definition) is 3. The Morgan fingerprint density at radius 1 is 0.607 bits per heavy atom. The molecule has 0 N–H and O–H groups in total. The molecule has 0 saturated heterocycles. The van der Waals surface area contributed by atoms with E-state index in [1.165, 1.54) is 96.6 Å². The molecule has 4 heteroatoms. The molecule has 56 heavy (non-hydrogen) atoms. The van der Waals surface area contributed by atoms with Gasteiger partial charge in [-0.25, -0.2) is 9.97 Å². The molecule has 0 saturated carbocycles. The van der Waals surface area contributed by atoms with Gasteiger partial charge in [-0.15, -0.1) is 11.3 Å². The normalized spacial score (nSPS) is 13.5. The van der Waals surface area contributed by atoms with Gasteiger partial charge in [0.2, 0.25) is 0 Å². The average molecular weight is 732 g/mol. The summed E-state index contributed by atoms with van der Waals surface area (Å²) in [5.41, 5.74) is 13.1. The summed E-state index contributed by atoms with van der Waals surface area (Å²) in [5.74, 6) is 0.892. The highest BCUT2D eigenvalue weighted by Gasteiger charge is 2.32. The van der Waals surface area contributed by atoms with Crippen molar-refractivity contribution in [1.82, 2.24) is 14.5 Å². The van der Waals surface area contributed by atoms with Crippen molar-refractivity contribution < 1.29 is 0 Å². The minimum Gasteiger partial charge on any atom is -0.290 e. The molecular formula is C52H33N3S. The van der Waals surface area contributed by atoms with E-state index in [0.29, 0.717) is 0 Å². The molecule has 0 unspecified atom stereocenters. The number of para-hydroxylation sites is 1. The van der Waals surface area contributed by atoms with Crippen LogP contribution in [0.1, 0.15) is 34.4 Å². The van der Waals surface area contributed by atoms with E-state index in [1.807, 2.05) is 11.3 Å². The molecule has 0 atom stereocenters. The summed E-state index contributed by atoms with van der Waals surface area (Å²) < 4.78 is 5.05. The molecule has 0 spiro atoms. The number of aryl methyl sites for hydroxylation is 1. The molecule has 262 valence electrons. The summed E-state index contributed by atoms with van der Waals surface area (Å²) in [6, 6.07) is 49.2. The van der Waals surface area contributed by atoms with Gasteiger partial charge >= 0.3 is 0 Å². The maximum Gasteiger partial charge on any atom is 0.164 e. The highest BCUT2D eigenvalue weighted by Crippen LogP contribution is 2.51. The molecule has 8 aromatic carbocycles. The lowest BCUT2D eigenvalue weighted by molar-refractivity contribution is 0.954. The predicted molar refractivity (Wildman–Crippen MR) is 238 cm³/mol. The van der Waals surface area contributed by atoms with E-state index < -0.39 is 0 Å². The van der Waals surface area contributed by atoms with Crippen molar-refractivity contribution in [2.75, 3.05) is 0 Å². The smallest absolute Gasteiger partial charge is 0.164 e. The van der Waals surface area contributed by atoms with Crippen LogP contribution in [0.4, 0.5) is 0 Å². The average Bonchev–Trinajstić information content (AvgIpc) is 3.93. The molecule has 2 aliphatic carbocycles. The van der Waals surface area contributed by atoms with E-state index in [4.69, 9.17) is 9.97 Å². The summed E-state index contributed by atoms with van der Waals surface area (Å²) >= 11 is 1.91. The Kier molecular flexibility index (Phi) is 6.15. The Morgan fingerprint density at radius 2 is 1.30 bits per heavy atom. The van der Waals surface area contributed by atoms with Crippen LogP contribution in [0.5, 0.6) is 0 Å². The Balaban J connectivity index is 1.21. The number of hydrogen-bond donors (Lipinski definition) is 0. The van der Waals surface area contributed by atoms with Crippen molar-refractivity contribution in [3.63, 3.8) is 0 Å². The lowest BCUT2D eigenvalue weighted by atomic mass is 9.85. The number of benzene rings is 8. The van der Waals surface area contributed by atoms with Gasteiger partial charge in [0.25, 0.3) is 0 Å². The second-order valence-corrected chi connectivity index (χ2v) is 16.6. The third kappa shape index (κ3) is 4.06. The van der Waals surface area contributed by atoms with E-state index in [0.717, 1.165) is 53.2 Å². The molecule has 0 bridgehead atoms. The van der Waals surface area contributed by atoms with Crippen molar-refractivity contribution in [1.29, 1.82) is 0 Å². The zero-order valence-corrected chi connectivity index (χ0v) is 31.5. The van der Waals surface area contributed by atoms with Crippen molar-refractivity contribution in [3.05, 3.63) is 167 Å². The van der Waals surface area contributed by atoms with Gasteiger partial charge < -0.3 is 0 Å². The molecule has 3 heterocycles. The van der Waals surface area contributed by atoms with E-state index in [2.05, 4.69) is 157 Å². The largest absolute Gasteiger partial charge is 0.290 e.